The number of hydrogen-bond acceptors (Lipinski definition) is 5. The molecule has 6 nitrogen and oxygen atoms in total. The molecule has 1 aliphatic heterocycles. The van der Waals surface area contributed by atoms with Gasteiger partial charge < -0.3 is 14.8 Å². The minimum atomic E-state index is -1.26. The summed E-state index contributed by atoms with van der Waals surface area (Å²) in [5, 5.41) is 20.7. The van der Waals surface area contributed by atoms with E-state index in [1.54, 1.807) is 76.2 Å². The van der Waals surface area contributed by atoms with Crippen LogP contribution in [0.3, 0.4) is 0 Å². The number of nitrogens with zero attached hydrogens (tertiary/aromatic N) is 1. The van der Waals surface area contributed by atoms with Crippen LogP contribution in [0.25, 0.3) is 0 Å². The third kappa shape index (κ3) is 3.74. The highest BCUT2D eigenvalue weighted by Gasteiger charge is 2.40. The van der Waals surface area contributed by atoms with Crippen molar-refractivity contribution in [2.75, 3.05) is 0 Å². The van der Waals surface area contributed by atoms with Gasteiger partial charge in [-0.3, -0.25) is 14.5 Å². The molecular weight excluding hydrogens is 357 g/mol. The first-order valence-electron chi connectivity index (χ1n) is 9.13. The second-order valence-electron chi connectivity index (χ2n) is 8.03. The fraction of sp³-hybridized carbons (Fsp3) is 0.333. The Kier molecular flexibility index (Phi) is 5.19. The Morgan fingerprint density at radius 1 is 0.964 bits per heavy atom. The summed E-state index contributed by atoms with van der Waals surface area (Å²) >= 11 is 0. The maximum atomic E-state index is 12.5. The van der Waals surface area contributed by atoms with Crippen LogP contribution in [0.1, 0.15) is 54.0 Å². The van der Waals surface area contributed by atoms with Crippen molar-refractivity contribution in [3.8, 4) is 0 Å². The molecule has 1 heterocycles. The maximum absolute atomic E-state index is 12.5. The van der Waals surface area contributed by atoms with Crippen molar-refractivity contribution in [1.82, 2.24) is 4.90 Å². The molecule has 0 saturated heterocycles. The molecule has 2 N–H and O–H groups in total. The Bertz CT molecular complexity index is 884. The quantitative estimate of drug-likeness (QED) is 0.588. The first-order chi connectivity index (χ1) is 13.0. The van der Waals surface area contributed by atoms with Crippen LogP contribution in [-0.2, 0) is 11.2 Å². The van der Waals surface area contributed by atoms with Crippen LogP contribution >= 0.6 is 0 Å². The highest BCUT2D eigenvalue weighted by molar-refractivity contribution is 6.60. The lowest BCUT2D eigenvalue weighted by Crippen LogP contribution is -2.53. The number of rotatable bonds is 6. The van der Waals surface area contributed by atoms with Gasteiger partial charge in [-0.25, -0.2) is 0 Å². The number of benzene rings is 2. The molecule has 0 radical (unpaired) electrons. The molecule has 2 amide bonds. The topological polar surface area (TPSA) is 87.1 Å². The average Bonchev–Trinajstić information content (AvgIpc) is 2.86. The van der Waals surface area contributed by atoms with Crippen LogP contribution in [0.5, 0.6) is 0 Å². The summed E-state index contributed by atoms with van der Waals surface area (Å²) in [6.45, 7) is 6.70. The van der Waals surface area contributed by atoms with E-state index in [4.69, 9.17) is 4.65 Å². The van der Waals surface area contributed by atoms with E-state index in [9.17, 15) is 19.7 Å². The van der Waals surface area contributed by atoms with Gasteiger partial charge in [-0.1, -0.05) is 36.4 Å². The van der Waals surface area contributed by atoms with Crippen molar-refractivity contribution in [2.45, 2.75) is 45.4 Å². The van der Waals surface area contributed by atoms with Gasteiger partial charge in [0.25, 0.3) is 11.8 Å². The molecule has 146 valence electrons. The van der Waals surface area contributed by atoms with E-state index in [1.165, 1.54) is 4.90 Å². The Morgan fingerprint density at radius 2 is 1.54 bits per heavy atom. The summed E-state index contributed by atoms with van der Waals surface area (Å²) in [5.74, 6) is -0.656. The molecule has 0 unspecified atom stereocenters. The fourth-order valence-electron chi connectivity index (χ4n) is 2.90. The number of carbonyl (C=O) groups is 2. The van der Waals surface area contributed by atoms with Crippen LogP contribution in [0.15, 0.2) is 48.5 Å². The Balaban J connectivity index is 1.78. The second-order valence-corrected chi connectivity index (χ2v) is 8.03. The number of fused-ring (bicyclic) bond motifs is 1. The summed E-state index contributed by atoms with van der Waals surface area (Å²) in [7, 11) is -1.26. The van der Waals surface area contributed by atoms with Crippen LogP contribution in [0.4, 0.5) is 0 Å². The van der Waals surface area contributed by atoms with Gasteiger partial charge >= 0.3 is 7.12 Å². The lowest BCUT2D eigenvalue weighted by atomic mass is 9.76. The average molecular weight is 381 g/mol. The van der Waals surface area contributed by atoms with Crippen molar-refractivity contribution in [1.29, 1.82) is 0 Å². The molecule has 0 aromatic heterocycles. The van der Waals surface area contributed by atoms with E-state index in [0.29, 0.717) is 22.2 Å². The molecule has 0 atom stereocenters. The molecule has 0 saturated carbocycles. The van der Waals surface area contributed by atoms with Crippen LogP contribution in [0, 0.1) is 0 Å². The van der Waals surface area contributed by atoms with Gasteiger partial charge in [-0.05, 0) is 50.9 Å². The summed E-state index contributed by atoms with van der Waals surface area (Å²) < 4.78 is 5.66. The summed E-state index contributed by atoms with van der Waals surface area (Å²) in [6, 6.07) is 13.6. The highest BCUT2D eigenvalue weighted by atomic mass is 16.5. The molecule has 7 heteroatoms. The number of aliphatic hydroxyl groups is 1. The molecule has 2 aromatic rings. The normalized spacial score (nSPS) is 14.4. The van der Waals surface area contributed by atoms with E-state index in [2.05, 4.69) is 0 Å². The van der Waals surface area contributed by atoms with Crippen molar-refractivity contribution >= 4 is 24.4 Å². The molecule has 0 aliphatic carbocycles. The molecule has 1 aliphatic rings. The Morgan fingerprint density at radius 3 is 2.07 bits per heavy atom. The summed E-state index contributed by atoms with van der Waals surface area (Å²) in [5.41, 5.74) is -0.184. The van der Waals surface area contributed by atoms with Crippen LogP contribution < -0.4 is 5.46 Å². The number of amides is 2. The molecule has 3 rings (SSSR count). The van der Waals surface area contributed by atoms with Crippen molar-refractivity contribution < 1.29 is 24.4 Å². The fourth-order valence-corrected chi connectivity index (χ4v) is 2.90. The zero-order valence-electron chi connectivity index (χ0n) is 16.5. The van der Waals surface area contributed by atoms with E-state index in [1.807, 2.05) is 0 Å². The van der Waals surface area contributed by atoms with E-state index >= 15 is 0 Å². The first-order valence-corrected chi connectivity index (χ1v) is 9.13. The second kappa shape index (κ2) is 7.16. The van der Waals surface area contributed by atoms with Crippen molar-refractivity contribution in [3.05, 3.63) is 65.2 Å². The lowest BCUT2D eigenvalue weighted by Gasteiger charge is -2.38. The van der Waals surface area contributed by atoms with Gasteiger partial charge in [0.05, 0.1) is 28.9 Å². The van der Waals surface area contributed by atoms with Crippen molar-refractivity contribution in [3.63, 3.8) is 0 Å². The van der Waals surface area contributed by atoms with E-state index in [-0.39, 0.29) is 18.4 Å². The third-order valence-electron chi connectivity index (χ3n) is 5.33. The minimum Gasteiger partial charge on any atom is -0.423 e. The third-order valence-corrected chi connectivity index (χ3v) is 5.33. The highest BCUT2D eigenvalue weighted by Crippen LogP contribution is 2.26. The zero-order chi connectivity index (χ0) is 20.7. The molecule has 0 fully saturated rings. The Labute approximate surface area is 164 Å². The lowest BCUT2D eigenvalue weighted by molar-refractivity contribution is -0.0982. The van der Waals surface area contributed by atoms with Gasteiger partial charge in [0, 0.05) is 0 Å². The standard InChI is InChI=1S/C21H24BNO5/c1-20(2,26)21(3,4)28-22(27)15-9-7-8-14(12-15)13-23-18(24)16-10-5-6-11-17(16)19(23)25/h5-12,26-27H,13H2,1-4H3. The van der Waals surface area contributed by atoms with Gasteiger partial charge in [0.2, 0.25) is 0 Å². The molecule has 0 spiro atoms. The van der Waals surface area contributed by atoms with Crippen LogP contribution in [-0.4, -0.2) is 45.2 Å². The SMILES string of the molecule is CC(C)(O)C(C)(C)OB(O)c1cccc(CN2C(=O)c3ccccc3C2=O)c1. The number of hydrogen-bond donors (Lipinski definition) is 2. The number of imide groups is 1. The molecule has 0 bridgehead atoms. The van der Waals surface area contributed by atoms with Crippen molar-refractivity contribution in [2.24, 2.45) is 0 Å². The monoisotopic (exact) mass is 381 g/mol. The van der Waals surface area contributed by atoms with Gasteiger partial charge in [-0.2, -0.15) is 0 Å². The van der Waals surface area contributed by atoms with Gasteiger partial charge in [0.15, 0.2) is 0 Å². The molecular formula is C21H24BNO5. The van der Waals surface area contributed by atoms with Gasteiger partial charge in [0.1, 0.15) is 0 Å². The minimum absolute atomic E-state index is 0.0990. The maximum Gasteiger partial charge on any atom is 0.491 e. The van der Waals surface area contributed by atoms with E-state index in [0.717, 1.165) is 0 Å². The largest absolute Gasteiger partial charge is 0.491 e. The molecule has 2 aromatic carbocycles. The first kappa shape index (κ1) is 20.3. The summed E-state index contributed by atoms with van der Waals surface area (Å²) in [4.78, 5) is 26.3. The number of carbonyl (C=O) groups excluding carboxylic acids is 2. The zero-order valence-corrected chi connectivity index (χ0v) is 16.5. The predicted molar refractivity (Wildman–Crippen MR) is 106 cm³/mol. The Hall–Kier alpha value is -2.48. The smallest absolute Gasteiger partial charge is 0.423 e. The molecule has 28 heavy (non-hydrogen) atoms. The predicted octanol–water partition coefficient (Wildman–Crippen LogP) is 1.74. The van der Waals surface area contributed by atoms with Crippen LogP contribution in [0.2, 0.25) is 0 Å². The summed E-state index contributed by atoms with van der Waals surface area (Å²) in [6.07, 6.45) is 0. The van der Waals surface area contributed by atoms with E-state index < -0.39 is 18.3 Å². The van der Waals surface area contributed by atoms with Gasteiger partial charge in [-0.15, -0.1) is 0 Å².